The van der Waals surface area contributed by atoms with Gasteiger partial charge < -0.3 is 0 Å². The van der Waals surface area contributed by atoms with Gasteiger partial charge in [0, 0.05) is 0 Å². The lowest BCUT2D eigenvalue weighted by atomic mass is 9.65. The van der Waals surface area contributed by atoms with Crippen molar-refractivity contribution in [3.63, 3.8) is 0 Å². The molecule has 0 spiro atoms. The third-order valence-electron chi connectivity index (χ3n) is 3.64. The fraction of sp³-hybridized carbons (Fsp3) is 0.684. The van der Waals surface area contributed by atoms with Gasteiger partial charge >= 0.3 is 0 Å². The monoisotopic (exact) mass is 264 g/mol. The second-order valence-corrected chi connectivity index (χ2v) is 5.84. The predicted molar refractivity (Wildman–Crippen MR) is 91.5 cm³/mol. The highest BCUT2D eigenvalue weighted by Gasteiger charge is 2.34. The molecule has 0 aliphatic heterocycles. The molecule has 0 heterocycles. The Bertz CT molecular complexity index is 291. The van der Waals surface area contributed by atoms with Crippen molar-refractivity contribution in [2.24, 2.45) is 17.3 Å². The lowest BCUT2D eigenvalue weighted by Gasteiger charge is -2.40. The minimum absolute atomic E-state index is 0.261. The molecule has 19 heavy (non-hydrogen) atoms. The molecular formula is C19H36. The van der Waals surface area contributed by atoms with Crippen molar-refractivity contribution >= 4 is 0 Å². The van der Waals surface area contributed by atoms with E-state index < -0.39 is 0 Å². The van der Waals surface area contributed by atoms with E-state index >= 15 is 0 Å². The van der Waals surface area contributed by atoms with Crippen molar-refractivity contribution in [1.82, 2.24) is 0 Å². The second-order valence-electron chi connectivity index (χ2n) is 5.84. The van der Waals surface area contributed by atoms with Gasteiger partial charge in [-0.25, -0.2) is 0 Å². The number of hydrogen-bond donors (Lipinski definition) is 0. The summed E-state index contributed by atoms with van der Waals surface area (Å²) in [5.41, 5.74) is 3.04. The van der Waals surface area contributed by atoms with Gasteiger partial charge in [-0.2, -0.15) is 0 Å². The lowest BCUT2D eigenvalue weighted by Crippen LogP contribution is -2.29. The van der Waals surface area contributed by atoms with Gasteiger partial charge in [0.05, 0.1) is 0 Å². The molecule has 0 saturated heterocycles. The normalized spacial score (nSPS) is 24.4. The molecule has 1 aliphatic carbocycles. The summed E-state index contributed by atoms with van der Waals surface area (Å²) in [6.07, 6.45) is 6.52. The van der Waals surface area contributed by atoms with Gasteiger partial charge in [0.2, 0.25) is 0 Å². The lowest BCUT2D eigenvalue weighted by molar-refractivity contribution is 0.260. The summed E-state index contributed by atoms with van der Waals surface area (Å²) in [5.74, 6) is 1.36. The van der Waals surface area contributed by atoms with Crippen LogP contribution in [-0.2, 0) is 0 Å². The summed E-state index contributed by atoms with van der Waals surface area (Å²) in [6, 6.07) is 0. The Morgan fingerprint density at radius 2 is 1.53 bits per heavy atom. The average molecular weight is 264 g/mol. The van der Waals surface area contributed by atoms with Crippen molar-refractivity contribution in [2.75, 3.05) is 0 Å². The van der Waals surface area contributed by atoms with Crippen LogP contribution in [0.15, 0.2) is 36.5 Å². The highest BCUT2D eigenvalue weighted by Crippen LogP contribution is 2.46. The van der Waals surface area contributed by atoms with Crippen LogP contribution < -0.4 is 0 Å². The van der Waals surface area contributed by atoms with E-state index in [2.05, 4.69) is 54.7 Å². The van der Waals surface area contributed by atoms with E-state index in [0.29, 0.717) is 5.92 Å². The van der Waals surface area contributed by atoms with Crippen LogP contribution in [-0.4, -0.2) is 0 Å². The molecule has 0 aromatic carbocycles. The van der Waals surface area contributed by atoms with Crippen LogP contribution in [0.5, 0.6) is 0 Å². The Hall–Kier alpha value is -0.780. The first-order valence-electron chi connectivity index (χ1n) is 7.85. The van der Waals surface area contributed by atoms with E-state index in [0.717, 1.165) is 5.92 Å². The van der Waals surface area contributed by atoms with Crippen LogP contribution in [0, 0.1) is 17.3 Å². The van der Waals surface area contributed by atoms with E-state index in [-0.39, 0.29) is 5.41 Å². The summed E-state index contributed by atoms with van der Waals surface area (Å²) in [5, 5.41) is 0. The quantitative estimate of drug-likeness (QED) is 0.514. The van der Waals surface area contributed by atoms with E-state index in [9.17, 15) is 0 Å². The first-order chi connectivity index (χ1) is 8.85. The van der Waals surface area contributed by atoms with Crippen LogP contribution in [0.3, 0.4) is 0 Å². The smallest absolute Gasteiger partial charge is 0.00982 e. The molecule has 0 nitrogen and oxygen atoms in total. The fourth-order valence-electron chi connectivity index (χ4n) is 2.72. The van der Waals surface area contributed by atoms with Crippen molar-refractivity contribution in [2.45, 2.75) is 68.2 Å². The largest absolute Gasteiger partial charge is 0.0988 e. The van der Waals surface area contributed by atoms with Crippen molar-refractivity contribution < 1.29 is 0 Å². The van der Waals surface area contributed by atoms with Crippen molar-refractivity contribution in [1.29, 1.82) is 0 Å². The highest BCUT2D eigenvalue weighted by molar-refractivity contribution is 5.39. The van der Waals surface area contributed by atoms with Crippen LogP contribution in [0.4, 0.5) is 0 Å². The Morgan fingerprint density at radius 1 is 1.11 bits per heavy atom. The zero-order chi connectivity index (χ0) is 15.6. The van der Waals surface area contributed by atoms with E-state index in [1.165, 1.54) is 24.0 Å². The van der Waals surface area contributed by atoms with Crippen molar-refractivity contribution in [3.05, 3.63) is 36.5 Å². The number of rotatable bonds is 2. The molecule has 0 radical (unpaired) electrons. The number of hydrogen-bond acceptors (Lipinski definition) is 0. The van der Waals surface area contributed by atoms with Gasteiger partial charge in [0.25, 0.3) is 0 Å². The molecular weight excluding hydrogens is 228 g/mol. The van der Waals surface area contributed by atoms with Gasteiger partial charge in [-0.05, 0) is 34.8 Å². The van der Waals surface area contributed by atoms with E-state index in [1.807, 2.05) is 26.0 Å². The molecule has 0 aromatic rings. The summed E-state index contributed by atoms with van der Waals surface area (Å²) >= 11 is 0. The highest BCUT2D eigenvalue weighted by atomic mass is 14.4. The average Bonchev–Trinajstić information content (AvgIpc) is 2.36. The van der Waals surface area contributed by atoms with Crippen LogP contribution >= 0.6 is 0 Å². The van der Waals surface area contributed by atoms with Gasteiger partial charge in [-0.15, -0.1) is 0 Å². The van der Waals surface area contributed by atoms with Gasteiger partial charge in [-0.1, -0.05) is 87.1 Å². The van der Waals surface area contributed by atoms with Crippen LogP contribution in [0.25, 0.3) is 0 Å². The van der Waals surface area contributed by atoms with Gasteiger partial charge in [0.15, 0.2) is 0 Å². The standard InChI is InChI=1S/C14H22.C3H8.C2H6/c1-7-12-11(4)10(3)9-14(5,6)13(12)8-2;1-3-2;1-2/h7-8,10-11H,1-2,9H2,3-6H3;3H2,1-2H3;1-2H3. The molecule has 2 atom stereocenters. The molecule has 0 amide bonds. The molecule has 0 N–H and O–H groups in total. The topological polar surface area (TPSA) is 0 Å². The van der Waals surface area contributed by atoms with E-state index in [1.54, 1.807) is 0 Å². The van der Waals surface area contributed by atoms with Crippen LogP contribution in [0.1, 0.15) is 68.2 Å². The van der Waals surface area contributed by atoms with Gasteiger partial charge in [0.1, 0.15) is 0 Å². The predicted octanol–water partition coefficient (Wildman–Crippen LogP) is 6.80. The minimum atomic E-state index is 0.261. The van der Waals surface area contributed by atoms with Gasteiger partial charge in [-0.3, -0.25) is 0 Å². The van der Waals surface area contributed by atoms with Crippen molar-refractivity contribution in [3.8, 4) is 0 Å². The summed E-state index contributed by atoms with van der Waals surface area (Å²) < 4.78 is 0. The Labute approximate surface area is 122 Å². The SMILES string of the molecule is C=CC1=C(C=C)C(C)(C)CC(C)C1C.CC.CCC. The molecule has 112 valence electrons. The third-order valence-corrected chi connectivity index (χ3v) is 3.64. The zero-order valence-corrected chi connectivity index (χ0v) is 14.6. The zero-order valence-electron chi connectivity index (χ0n) is 14.6. The molecule has 0 bridgehead atoms. The Balaban J connectivity index is 0. The Kier molecular flexibility index (Phi) is 10.9. The fourth-order valence-corrected chi connectivity index (χ4v) is 2.72. The molecule has 1 rings (SSSR count). The third kappa shape index (κ3) is 5.80. The first-order valence-corrected chi connectivity index (χ1v) is 7.85. The summed E-state index contributed by atoms with van der Waals surface area (Å²) in [4.78, 5) is 0. The summed E-state index contributed by atoms with van der Waals surface area (Å²) in [7, 11) is 0. The minimum Gasteiger partial charge on any atom is -0.0988 e. The molecule has 0 fully saturated rings. The molecule has 0 heteroatoms. The van der Waals surface area contributed by atoms with E-state index in [4.69, 9.17) is 0 Å². The second kappa shape index (κ2) is 10.1. The van der Waals surface area contributed by atoms with Crippen LogP contribution in [0.2, 0.25) is 0 Å². The summed E-state index contributed by atoms with van der Waals surface area (Å²) in [6.45, 7) is 25.3. The number of allylic oxidation sites excluding steroid dienone is 4. The maximum Gasteiger partial charge on any atom is -0.00982 e. The Morgan fingerprint density at radius 3 is 1.84 bits per heavy atom. The molecule has 2 unspecified atom stereocenters. The maximum absolute atomic E-state index is 3.93. The molecule has 0 saturated carbocycles. The maximum atomic E-state index is 3.93. The molecule has 0 aromatic heterocycles. The first kappa shape index (κ1) is 20.5. The molecule has 1 aliphatic rings.